The number of nitrogens with zero attached hydrogens (tertiary/aromatic N) is 1. The van der Waals surface area contributed by atoms with Crippen molar-refractivity contribution >= 4 is 38.6 Å². The molecule has 0 bridgehead atoms. The van der Waals surface area contributed by atoms with Crippen LogP contribution < -0.4 is 9.64 Å². The van der Waals surface area contributed by atoms with Crippen molar-refractivity contribution in [1.29, 1.82) is 0 Å². The molecule has 2 heteroatoms. The Morgan fingerprint density at radius 3 is 1.82 bits per heavy atom. The van der Waals surface area contributed by atoms with E-state index in [2.05, 4.69) is 255 Å². The van der Waals surface area contributed by atoms with Gasteiger partial charge in [-0.25, -0.2) is 0 Å². The maximum Gasteiger partial charge on any atom is 0.140 e. The Bertz CT molecular complexity index is 3880. The monoisotopic (exact) mass is 867 g/mol. The van der Waals surface area contributed by atoms with Gasteiger partial charge >= 0.3 is 0 Å². The molecule has 14 rings (SSSR count). The molecular weight excluding hydrogens is 823 g/mol. The van der Waals surface area contributed by atoms with E-state index in [1.165, 1.54) is 94.0 Å². The van der Waals surface area contributed by atoms with Crippen molar-refractivity contribution < 1.29 is 4.74 Å². The lowest BCUT2D eigenvalue weighted by Crippen LogP contribution is -2.32. The van der Waals surface area contributed by atoms with Gasteiger partial charge in [-0.3, -0.25) is 0 Å². The predicted molar refractivity (Wildman–Crippen MR) is 282 cm³/mol. The van der Waals surface area contributed by atoms with E-state index in [0.29, 0.717) is 0 Å². The van der Waals surface area contributed by atoms with Gasteiger partial charge in [-0.05, 0) is 102 Å². The van der Waals surface area contributed by atoms with Gasteiger partial charge in [-0.1, -0.05) is 220 Å². The van der Waals surface area contributed by atoms with Crippen molar-refractivity contribution in [2.45, 2.75) is 24.7 Å². The Morgan fingerprint density at radius 1 is 0.353 bits per heavy atom. The Morgan fingerprint density at radius 2 is 0.971 bits per heavy atom. The molecule has 0 aromatic heterocycles. The molecule has 2 nitrogen and oxygen atoms in total. The summed E-state index contributed by atoms with van der Waals surface area (Å²) in [6.45, 7) is 4.74. The molecule has 0 N–H and O–H groups in total. The van der Waals surface area contributed by atoms with Gasteiger partial charge in [0.15, 0.2) is 0 Å². The fourth-order valence-corrected chi connectivity index (χ4v) is 12.4. The Labute approximate surface area is 397 Å². The van der Waals surface area contributed by atoms with Crippen molar-refractivity contribution in [2.75, 3.05) is 4.90 Å². The quantitative estimate of drug-likeness (QED) is 0.171. The van der Waals surface area contributed by atoms with E-state index < -0.39 is 5.41 Å². The first-order chi connectivity index (χ1) is 33.5. The minimum absolute atomic E-state index is 0.154. The highest BCUT2D eigenvalue weighted by molar-refractivity contribution is 6.10. The third-order valence-electron chi connectivity index (χ3n) is 15.3. The van der Waals surface area contributed by atoms with E-state index in [0.717, 1.165) is 33.9 Å². The maximum absolute atomic E-state index is 6.97. The first kappa shape index (κ1) is 38.8. The van der Waals surface area contributed by atoms with Gasteiger partial charge in [0.25, 0.3) is 0 Å². The Kier molecular flexibility index (Phi) is 8.28. The molecule has 0 saturated heterocycles. The minimum Gasteiger partial charge on any atom is -0.456 e. The van der Waals surface area contributed by atoms with E-state index in [-0.39, 0.29) is 5.41 Å². The minimum atomic E-state index is -0.592. The number of para-hydroxylation sites is 2. The summed E-state index contributed by atoms with van der Waals surface area (Å²) < 4.78 is 6.97. The number of rotatable bonds is 5. The highest BCUT2D eigenvalue weighted by Gasteiger charge is 2.52. The van der Waals surface area contributed by atoms with E-state index in [1.54, 1.807) is 0 Å². The van der Waals surface area contributed by atoms with Crippen LogP contribution in [0.3, 0.4) is 0 Å². The van der Waals surface area contributed by atoms with Crippen LogP contribution in [0.15, 0.2) is 237 Å². The van der Waals surface area contributed by atoms with Crippen molar-refractivity contribution in [1.82, 2.24) is 0 Å². The molecule has 1 atom stereocenters. The highest BCUT2D eigenvalue weighted by Crippen LogP contribution is 2.64. The Hall–Kier alpha value is -8.46. The second-order valence-electron chi connectivity index (χ2n) is 19.1. The summed E-state index contributed by atoms with van der Waals surface area (Å²) in [7, 11) is 0. The summed E-state index contributed by atoms with van der Waals surface area (Å²) in [5.74, 6) is 1.83. The lowest BCUT2D eigenvalue weighted by molar-refractivity contribution is 0.441. The van der Waals surface area contributed by atoms with E-state index in [1.807, 2.05) is 0 Å². The topological polar surface area (TPSA) is 12.5 Å². The smallest absolute Gasteiger partial charge is 0.140 e. The molecule has 0 fully saturated rings. The van der Waals surface area contributed by atoms with Gasteiger partial charge in [0, 0.05) is 38.6 Å². The summed E-state index contributed by atoms with van der Waals surface area (Å²) in [6.07, 6.45) is 0. The zero-order valence-electron chi connectivity index (χ0n) is 37.9. The van der Waals surface area contributed by atoms with Crippen molar-refractivity contribution in [3.05, 3.63) is 270 Å². The molecule has 1 aliphatic heterocycles. The van der Waals surface area contributed by atoms with Gasteiger partial charge < -0.3 is 9.64 Å². The van der Waals surface area contributed by atoms with E-state index >= 15 is 0 Å². The molecule has 3 aliphatic rings. The molecule has 0 radical (unpaired) electrons. The lowest BCUT2D eigenvalue weighted by atomic mass is 9.65. The third-order valence-corrected chi connectivity index (χ3v) is 15.3. The SMILES string of the molecule is CC1(C)c2ccccc2-c2ccc(N(c3ccccc3-c3ccccc3)c3ccc(-c4cccc5c4-c4ccccc4C54c5ccccc5Oc5c4ccc4ccccc54)c4ccccc34)cc21. The number of benzene rings is 11. The average molecular weight is 868 g/mol. The standard InChI is InChI=1S/C66H45NO/c1-65(2)54-29-13-10-25-49(54)50-37-36-44(41-59(50)65)67(60-33-16-12-22-45(60)42-19-4-3-5-20-42)61-40-38-48(47-24-8-9-26-51(47)61)52-28-18-32-57-63(52)53-27-11-14-30-55(53)66(57)56-31-15-17-34-62(56)68-64-46-23-7-6-21-43(46)35-39-58(64)66/h3-41H,1-2H3. The number of ether oxygens (including phenoxy) is 1. The maximum atomic E-state index is 6.97. The van der Waals surface area contributed by atoms with Crippen molar-refractivity contribution in [3.8, 4) is 56.0 Å². The zero-order valence-corrected chi connectivity index (χ0v) is 37.9. The highest BCUT2D eigenvalue weighted by atomic mass is 16.5. The van der Waals surface area contributed by atoms with Crippen molar-refractivity contribution in [2.24, 2.45) is 0 Å². The van der Waals surface area contributed by atoms with Crippen LogP contribution >= 0.6 is 0 Å². The van der Waals surface area contributed by atoms with E-state index in [4.69, 9.17) is 4.74 Å². The summed E-state index contributed by atoms with van der Waals surface area (Å²) in [4.78, 5) is 2.51. The second-order valence-corrected chi connectivity index (χ2v) is 19.1. The van der Waals surface area contributed by atoms with Gasteiger partial charge in [0.2, 0.25) is 0 Å². The summed E-state index contributed by atoms with van der Waals surface area (Å²) >= 11 is 0. The summed E-state index contributed by atoms with van der Waals surface area (Å²) in [6, 6.07) is 87.4. The molecule has 0 saturated carbocycles. The molecule has 1 spiro atoms. The van der Waals surface area contributed by atoms with Gasteiger partial charge in [0.05, 0.1) is 16.8 Å². The lowest BCUT2D eigenvalue weighted by Gasteiger charge is -2.39. The van der Waals surface area contributed by atoms with Crippen LogP contribution in [0, 0.1) is 0 Å². The van der Waals surface area contributed by atoms with Crippen LogP contribution in [-0.2, 0) is 10.8 Å². The van der Waals surface area contributed by atoms with Gasteiger partial charge in [-0.2, -0.15) is 0 Å². The largest absolute Gasteiger partial charge is 0.456 e. The molecule has 2 aliphatic carbocycles. The first-order valence-corrected chi connectivity index (χ1v) is 23.8. The van der Waals surface area contributed by atoms with Crippen LogP contribution in [0.4, 0.5) is 17.1 Å². The van der Waals surface area contributed by atoms with Gasteiger partial charge in [-0.15, -0.1) is 0 Å². The van der Waals surface area contributed by atoms with Crippen LogP contribution in [0.5, 0.6) is 11.5 Å². The molecule has 68 heavy (non-hydrogen) atoms. The number of fused-ring (bicyclic) bond motifs is 15. The van der Waals surface area contributed by atoms with E-state index in [9.17, 15) is 0 Å². The Balaban J connectivity index is 1.02. The van der Waals surface area contributed by atoms with Gasteiger partial charge in [0.1, 0.15) is 11.5 Å². The first-order valence-electron chi connectivity index (χ1n) is 23.8. The van der Waals surface area contributed by atoms with Crippen molar-refractivity contribution in [3.63, 3.8) is 0 Å². The average Bonchev–Trinajstić information content (AvgIpc) is 3.82. The number of hydrogen-bond donors (Lipinski definition) is 0. The normalized spacial score (nSPS) is 15.5. The third kappa shape index (κ3) is 5.29. The number of hydrogen-bond acceptors (Lipinski definition) is 2. The molecule has 320 valence electrons. The molecule has 11 aromatic rings. The molecule has 0 amide bonds. The van der Waals surface area contributed by atoms with Crippen LogP contribution in [0.1, 0.15) is 47.2 Å². The second kappa shape index (κ2) is 14.5. The predicted octanol–water partition coefficient (Wildman–Crippen LogP) is 17.6. The molecule has 1 unspecified atom stereocenters. The fraction of sp³-hybridized carbons (Fsp3) is 0.0606. The molecule has 1 heterocycles. The fourth-order valence-electron chi connectivity index (χ4n) is 12.4. The zero-order chi connectivity index (χ0) is 45.1. The number of anilines is 3. The summed E-state index contributed by atoms with van der Waals surface area (Å²) in [5.41, 5.74) is 20.2. The summed E-state index contributed by atoms with van der Waals surface area (Å²) in [5, 5.41) is 4.67. The van der Waals surface area contributed by atoms with Crippen LogP contribution in [0.2, 0.25) is 0 Å². The van der Waals surface area contributed by atoms with Crippen LogP contribution in [-0.4, -0.2) is 0 Å². The molecular formula is C66H45NO. The molecule has 11 aromatic carbocycles. The van der Waals surface area contributed by atoms with Crippen LogP contribution in [0.25, 0.3) is 66.1 Å².